The van der Waals surface area contributed by atoms with Gasteiger partial charge in [-0.1, -0.05) is 18.2 Å². The Morgan fingerprint density at radius 2 is 2.27 bits per heavy atom. The lowest BCUT2D eigenvalue weighted by molar-refractivity contribution is -0.136. The third-order valence-corrected chi connectivity index (χ3v) is 2.89. The maximum absolute atomic E-state index is 10.6. The van der Waals surface area contributed by atoms with Gasteiger partial charge in [0.05, 0.1) is 6.42 Å². The molecular weight excluding hydrogens is 190 g/mol. The number of carboxylic acids is 1. The molecule has 0 aliphatic heterocycles. The second kappa shape index (κ2) is 4.03. The molecule has 1 aromatic rings. The molecular formula is C12H15NO2. The predicted octanol–water partition coefficient (Wildman–Crippen LogP) is 1.13. The molecule has 0 bridgehead atoms. The number of benzene rings is 1. The first-order chi connectivity index (χ1) is 7.15. The fraction of sp³-hybridized carbons (Fsp3) is 0.417. The maximum Gasteiger partial charge on any atom is 0.307 e. The fourth-order valence-corrected chi connectivity index (χ4v) is 2.12. The van der Waals surface area contributed by atoms with Gasteiger partial charge in [-0.3, -0.25) is 4.79 Å². The highest BCUT2D eigenvalue weighted by Gasteiger charge is 2.15. The standard InChI is InChI=1S/C12H15NO2/c13-11-4-3-9-5-8(6-12(14)15)1-2-10(9)7-11/h1-2,5,11H,3-4,6-7,13H2,(H,14,15). The van der Waals surface area contributed by atoms with Crippen LogP contribution in [0.25, 0.3) is 0 Å². The van der Waals surface area contributed by atoms with E-state index in [0.29, 0.717) is 0 Å². The molecule has 0 radical (unpaired) electrons. The van der Waals surface area contributed by atoms with Crippen LogP contribution in [0.3, 0.4) is 0 Å². The van der Waals surface area contributed by atoms with E-state index in [1.54, 1.807) is 0 Å². The summed E-state index contributed by atoms with van der Waals surface area (Å²) in [7, 11) is 0. The zero-order chi connectivity index (χ0) is 10.8. The van der Waals surface area contributed by atoms with Crippen LogP contribution in [0.2, 0.25) is 0 Å². The highest BCUT2D eigenvalue weighted by molar-refractivity contribution is 5.70. The first kappa shape index (κ1) is 10.2. The highest BCUT2D eigenvalue weighted by atomic mass is 16.4. The van der Waals surface area contributed by atoms with Gasteiger partial charge in [0, 0.05) is 6.04 Å². The van der Waals surface area contributed by atoms with Crippen molar-refractivity contribution in [2.75, 3.05) is 0 Å². The topological polar surface area (TPSA) is 63.3 Å². The Balaban J connectivity index is 2.23. The summed E-state index contributed by atoms with van der Waals surface area (Å²) in [6.07, 6.45) is 3.01. The molecule has 0 saturated heterocycles. The van der Waals surface area contributed by atoms with E-state index < -0.39 is 5.97 Å². The second-order valence-electron chi connectivity index (χ2n) is 4.18. The summed E-state index contributed by atoms with van der Waals surface area (Å²) in [6, 6.07) is 6.19. The third-order valence-electron chi connectivity index (χ3n) is 2.89. The number of hydrogen-bond acceptors (Lipinski definition) is 2. The Labute approximate surface area is 88.9 Å². The van der Waals surface area contributed by atoms with Gasteiger partial charge in [0.2, 0.25) is 0 Å². The zero-order valence-electron chi connectivity index (χ0n) is 8.57. The molecule has 0 aromatic heterocycles. The van der Waals surface area contributed by atoms with Gasteiger partial charge in [-0.25, -0.2) is 0 Å². The lowest BCUT2D eigenvalue weighted by Crippen LogP contribution is -2.27. The van der Waals surface area contributed by atoms with Crippen LogP contribution in [-0.4, -0.2) is 17.1 Å². The van der Waals surface area contributed by atoms with Gasteiger partial charge in [0.25, 0.3) is 0 Å². The van der Waals surface area contributed by atoms with Crippen molar-refractivity contribution in [2.24, 2.45) is 5.73 Å². The lowest BCUT2D eigenvalue weighted by Gasteiger charge is -2.21. The SMILES string of the molecule is NC1CCc2cc(CC(=O)O)ccc2C1. The number of aryl methyl sites for hydroxylation is 1. The lowest BCUT2D eigenvalue weighted by atomic mass is 9.87. The molecule has 0 amide bonds. The van der Waals surface area contributed by atoms with Crippen LogP contribution >= 0.6 is 0 Å². The van der Waals surface area contributed by atoms with Crippen molar-refractivity contribution in [1.82, 2.24) is 0 Å². The van der Waals surface area contributed by atoms with Crippen molar-refractivity contribution < 1.29 is 9.90 Å². The van der Waals surface area contributed by atoms with E-state index in [0.717, 1.165) is 24.8 Å². The number of carbonyl (C=O) groups is 1. The monoisotopic (exact) mass is 205 g/mol. The Morgan fingerprint density at radius 3 is 3.00 bits per heavy atom. The molecule has 0 heterocycles. The Morgan fingerprint density at radius 1 is 1.47 bits per heavy atom. The van der Waals surface area contributed by atoms with Crippen molar-refractivity contribution >= 4 is 5.97 Å². The molecule has 3 N–H and O–H groups in total. The summed E-state index contributed by atoms with van der Waals surface area (Å²) in [4.78, 5) is 10.6. The van der Waals surface area contributed by atoms with E-state index in [1.165, 1.54) is 11.1 Å². The molecule has 0 fully saturated rings. The second-order valence-corrected chi connectivity index (χ2v) is 4.18. The molecule has 3 heteroatoms. The van der Waals surface area contributed by atoms with E-state index in [9.17, 15) is 4.79 Å². The van der Waals surface area contributed by atoms with E-state index in [-0.39, 0.29) is 12.5 Å². The first-order valence-corrected chi connectivity index (χ1v) is 5.23. The molecule has 0 saturated carbocycles. The van der Waals surface area contributed by atoms with E-state index in [1.807, 2.05) is 18.2 Å². The van der Waals surface area contributed by atoms with Gasteiger partial charge in [-0.15, -0.1) is 0 Å². The minimum absolute atomic E-state index is 0.110. The van der Waals surface area contributed by atoms with Crippen LogP contribution in [-0.2, 0) is 24.1 Å². The zero-order valence-corrected chi connectivity index (χ0v) is 8.57. The van der Waals surface area contributed by atoms with Crippen molar-refractivity contribution in [2.45, 2.75) is 31.7 Å². The number of nitrogens with two attached hydrogens (primary N) is 1. The van der Waals surface area contributed by atoms with Crippen LogP contribution < -0.4 is 5.73 Å². The molecule has 0 spiro atoms. The van der Waals surface area contributed by atoms with Gasteiger partial charge in [-0.2, -0.15) is 0 Å². The Kier molecular flexibility index (Phi) is 2.73. The normalized spacial score (nSPS) is 19.7. The minimum atomic E-state index is -0.775. The smallest absolute Gasteiger partial charge is 0.307 e. The third kappa shape index (κ3) is 2.36. The minimum Gasteiger partial charge on any atom is -0.481 e. The average molecular weight is 205 g/mol. The molecule has 1 unspecified atom stereocenters. The van der Waals surface area contributed by atoms with E-state index >= 15 is 0 Å². The highest BCUT2D eigenvalue weighted by Crippen LogP contribution is 2.21. The maximum atomic E-state index is 10.6. The average Bonchev–Trinajstić information content (AvgIpc) is 2.17. The van der Waals surface area contributed by atoms with Crippen LogP contribution in [0.15, 0.2) is 18.2 Å². The molecule has 1 aliphatic rings. The number of fused-ring (bicyclic) bond motifs is 1. The fourth-order valence-electron chi connectivity index (χ4n) is 2.12. The first-order valence-electron chi connectivity index (χ1n) is 5.23. The number of carboxylic acid groups (broad SMARTS) is 1. The molecule has 80 valence electrons. The van der Waals surface area contributed by atoms with Crippen LogP contribution in [0.5, 0.6) is 0 Å². The molecule has 2 rings (SSSR count). The van der Waals surface area contributed by atoms with Crippen LogP contribution in [0.4, 0.5) is 0 Å². The Bertz CT molecular complexity index is 387. The largest absolute Gasteiger partial charge is 0.481 e. The summed E-state index contributed by atoms with van der Waals surface area (Å²) in [6.45, 7) is 0. The van der Waals surface area contributed by atoms with Gasteiger partial charge < -0.3 is 10.8 Å². The molecule has 1 aromatic carbocycles. The molecule has 15 heavy (non-hydrogen) atoms. The number of rotatable bonds is 2. The summed E-state index contributed by atoms with van der Waals surface area (Å²) in [5.74, 6) is -0.775. The Hall–Kier alpha value is -1.35. The van der Waals surface area contributed by atoms with Crippen molar-refractivity contribution in [3.63, 3.8) is 0 Å². The molecule has 1 aliphatic carbocycles. The van der Waals surface area contributed by atoms with Gasteiger partial charge >= 0.3 is 5.97 Å². The molecule has 1 atom stereocenters. The summed E-state index contributed by atoms with van der Waals surface area (Å²) in [5.41, 5.74) is 9.31. The molecule has 3 nitrogen and oxygen atoms in total. The van der Waals surface area contributed by atoms with Crippen LogP contribution in [0.1, 0.15) is 23.1 Å². The van der Waals surface area contributed by atoms with Crippen molar-refractivity contribution in [3.05, 3.63) is 34.9 Å². The number of aliphatic carboxylic acids is 1. The van der Waals surface area contributed by atoms with Crippen molar-refractivity contribution in [1.29, 1.82) is 0 Å². The van der Waals surface area contributed by atoms with Gasteiger partial charge in [0.1, 0.15) is 0 Å². The van der Waals surface area contributed by atoms with Gasteiger partial charge in [-0.05, 0) is 36.0 Å². The quantitative estimate of drug-likeness (QED) is 0.760. The summed E-state index contributed by atoms with van der Waals surface area (Å²) >= 11 is 0. The van der Waals surface area contributed by atoms with Crippen molar-refractivity contribution in [3.8, 4) is 0 Å². The predicted molar refractivity (Wildman–Crippen MR) is 57.8 cm³/mol. The summed E-state index contributed by atoms with van der Waals surface area (Å²) < 4.78 is 0. The summed E-state index contributed by atoms with van der Waals surface area (Å²) in [5, 5.41) is 8.69. The van der Waals surface area contributed by atoms with Gasteiger partial charge in [0.15, 0.2) is 0 Å². The van der Waals surface area contributed by atoms with E-state index in [2.05, 4.69) is 0 Å². The van der Waals surface area contributed by atoms with Crippen LogP contribution in [0, 0.1) is 0 Å². The number of hydrogen-bond donors (Lipinski definition) is 2. The van der Waals surface area contributed by atoms with E-state index in [4.69, 9.17) is 10.8 Å².